The minimum Gasteiger partial charge on any atom is -0.347 e. The van der Waals surface area contributed by atoms with Crippen LogP contribution in [0.2, 0.25) is 0 Å². The van der Waals surface area contributed by atoms with Crippen molar-refractivity contribution in [3.63, 3.8) is 0 Å². The molecular formula is C10H14BrN5. The van der Waals surface area contributed by atoms with E-state index in [1.54, 1.807) is 12.5 Å². The third-order valence-corrected chi connectivity index (χ3v) is 2.79. The molecule has 86 valence electrons. The number of rotatable bonds is 5. The maximum Gasteiger partial charge on any atom is 0.0922 e. The monoisotopic (exact) mass is 283 g/mol. The standard InChI is InChI=1S/C10H14BrN5/c1-8(10-5-12-7-14-10)13-2-3-16-6-9(11)4-15-16/h4-8,13H,2-3H2,1H3,(H,12,14). The summed E-state index contributed by atoms with van der Waals surface area (Å²) in [5.41, 5.74) is 1.10. The molecule has 0 spiro atoms. The number of H-pyrrole nitrogens is 1. The first-order chi connectivity index (χ1) is 7.75. The quantitative estimate of drug-likeness (QED) is 0.879. The van der Waals surface area contributed by atoms with Gasteiger partial charge in [-0.1, -0.05) is 0 Å². The second-order valence-electron chi connectivity index (χ2n) is 3.60. The Bertz CT molecular complexity index is 422. The number of nitrogens with zero attached hydrogens (tertiary/aromatic N) is 3. The van der Waals surface area contributed by atoms with Gasteiger partial charge in [0, 0.05) is 25.0 Å². The normalized spacial score (nSPS) is 12.9. The number of nitrogens with one attached hydrogen (secondary N) is 2. The van der Waals surface area contributed by atoms with Gasteiger partial charge in [0.2, 0.25) is 0 Å². The maximum atomic E-state index is 4.18. The topological polar surface area (TPSA) is 58.5 Å². The average Bonchev–Trinajstić information content (AvgIpc) is 2.89. The van der Waals surface area contributed by atoms with Crippen LogP contribution in [0.4, 0.5) is 0 Å². The van der Waals surface area contributed by atoms with E-state index in [4.69, 9.17) is 0 Å². The van der Waals surface area contributed by atoms with Gasteiger partial charge in [0.1, 0.15) is 0 Å². The van der Waals surface area contributed by atoms with Gasteiger partial charge in [0.05, 0.1) is 29.2 Å². The molecule has 2 heterocycles. The van der Waals surface area contributed by atoms with Crippen LogP contribution in [0.1, 0.15) is 18.7 Å². The minimum absolute atomic E-state index is 0.279. The van der Waals surface area contributed by atoms with Crippen LogP contribution in [0.5, 0.6) is 0 Å². The molecule has 0 aliphatic carbocycles. The van der Waals surface area contributed by atoms with Crippen LogP contribution in [-0.4, -0.2) is 26.3 Å². The van der Waals surface area contributed by atoms with Crippen molar-refractivity contribution in [1.29, 1.82) is 0 Å². The van der Waals surface area contributed by atoms with Crippen molar-refractivity contribution in [1.82, 2.24) is 25.1 Å². The Kier molecular flexibility index (Phi) is 3.74. The van der Waals surface area contributed by atoms with Crippen LogP contribution >= 0.6 is 15.9 Å². The Balaban J connectivity index is 1.76. The van der Waals surface area contributed by atoms with Crippen LogP contribution in [0.25, 0.3) is 0 Å². The zero-order chi connectivity index (χ0) is 11.4. The lowest BCUT2D eigenvalue weighted by molar-refractivity contribution is 0.502. The molecule has 0 radical (unpaired) electrons. The summed E-state index contributed by atoms with van der Waals surface area (Å²) in [6.07, 6.45) is 7.28. The molecule has 16 heavy (non-hydrogen) atoms. The molecule has 2 aromatic rings. The Labute approximate surface area is 102 Å². The molecule has 2 aromatic heterocycles. The highest BCUT2D eigenvalue weighted by molar-refractivity contribution is 9.10. The van der Waals surface area contributed by atoms with Crippen molar-refractivity contribution in [2.45, 2.75) is 19.5 Å². The first-order valence-corrected chi connectivity index (χ1v) is 5.94. The predicted octanol–water partition coefficient (Wildman–Crippen LogP) is 1.72. The highest BCUT2D eigenvalue weighted by atomic mass is 79.9. The van der Waals surface area contributed by atoms with E-state index in [1.807, 2.05) is 17.1 Å². The van der Waals surface area contributed by atoms with E-state index in [0.29, 0.717) is 0 Å². The number of aromatic amines is 1. The van der Waals surface area contributed by atoms with Crippen LogP contribution < -0.4 is 5.32 Å². The highest BCUT2D eigenvalue weighted by Gasteiger charge is 2.05. The fourth-order valence-electron chi connectivity index (χ4n) is 1.47. The molecule has 0 aliphatic heterocycles. The molecule has 2 rings (SSSR count). The van der Waals surface area contributed by atoms with E-state index in [0.717, 1.165) is 23.3 Å². The third kappa shape index (κ3) is 2.93. The lowest BCUT2D eigenvalue weighted by Crippen LogP contribution is -2.23. The van der Waals surface area contributed by atoms with Gasteiger partial charge in [-0.2, -0.15) is 5.10 Å². The fourth-order valence-corrected chi connectivity index (χ4v) is 1.80. The average molecular weight is 284 g/mol. The molecule has 2 N–H and O–H groups in total. The lowest BCUT2D eigenvalue weighted by Gasteiger charge is -2.11. The van der Waals surface area contributed by atoms with Crippen LogP contribution in [0.15, 0.2) is 29.4 Å². The minimum atomic E-state index is 0.279. The van der Waals surface area contributed by atoms with Crippen LogP contribution in [0, 0.1) is 0 Å². The smallest absolute Gasteiger partial charge is 0.0922 e. The Hall–Kier alpha value is -1.14. The van der Waals surface area contributed by atoms with Crippen molar-refractivity contribution in [2.75, 3.05) is 6.54 Å². The van der Waals surface area contributed by atoms with E-state index in [1.165, 1.54) is 0 Å². The molecule has 0 saturated carbocycles. The zero-order valence-corrected chi connectivity index (χ0v) is 10.6. The van der Waals surface area contributed by atoms with Crippen molar-refractivity contribution in [3.8, 4) is 0 Å². The number of aromatic nitrogens is 4. The van der Waals surface area contributed by atoms with Gasteiger partial charge < -0.3 is 10.3 Å². The summed E-state index contributed by atoms with van der Waals surface area (Å²) < 4.78 is 2.91. The molecule has 0 amide bonds. The summed E-state index contributed by atoms with van der Waals surface area (Å²) in [6.45, 7) is 3.82. The third-order valence-electron chi connectivity index (χ3n) is 2.38. The van der Waals surface area contributed by atoms with Gasteiger partial charge in [-0.15, -0.1) is 0 Å². The SMILES string of the molecule is CC(NCCn1cc(Br)cn1)c1cnc[nH]1. The molecule has 0 saturated heterocycles. The van der Waals surface area contributed by atoms with Gasteiger partial charge in [-0.25, -0.2) is 4.98 Å². The second-order valence-corrected chi connectivity index (χ2v) is 4.52. The molecule has 6 heteroatoms. The van der Waals surface area contributed by atoms with Crippen molar-refractivity contribution in [3.05, 3.63) is 35.1 Å². The first-order valence-electron chi connectivity index (χ1n) is 5.15. The summed E-state index contributed by atoms with van der Waals surface area (Å²) in [5, 5.41) is 7.58. The summed E-state index contributed by atoms with van der Waals surface area (Å²) >= 11 is 3.37. The molecule has 5 nitrogen and oxygen atoms in total. The van der Waals surface area contributed by atoms with Crippen LogP contribution in [-0.2, 0) is 6.54 Å². The summed E-state index contributed by atoms with van der Waals surface area (Å²) in [5.74, 6) is 0. The Morgan fingerprint density at radius 3 is 3.06 bits per heavy atom. The van der Waals surface area contributed by atoms with Crippen molar-refractivity contribution >= 4 is 15.9 Å². The van der Waals surface area contributed by atoms with E-state index < -0.39 is 0 Å². The van der Waals surface area contributed by atoms with E-state index in [2.05, 4.69) is 43.2 Å². The lowest BCUT2D eigenvalue weighted by atomic mass is 10.2. The largest absolute Gasteiger partial charge is 0.347 e. The molecule has 0 aliphatic rings. The van der Waals surface area contributed by atoms with E-state index in [9.17, 15) is 0 Å². The summed E-state index contributed by atoms with van der Waals surface area (Å²) in [6, 6.07) is 0.279. The predicted molar refractivity (Wildman–Crippen MR) is 64.9 cm³/mol. The van der Waals surface area contributed by atoms with Crippen molar-refractivity contribution in [2.24, 2.45) is 0 Å². The summed E-state index contributed by atoms with van der Waals surface area (Å²) in [7, 11) is 0. The maximum absolute atomic E-state index is 4.18. The van der Waals surface area contributed by atoms with Gasteiger partial charge in [-0.3, -0.25) is 4.68 Å². The van der Waals surface area contributed by atoms with Gasteiger partial charge >= 0.3 is 0 Å². The van der Waals surface area contributed by atoms with Crippen LogP contribution in [0.3, 0.4) is 0 Å². The number of halogens is 1. The van der Waals surface area contributed by atoms with E-state index >= 15 is 0 Å². The number of hydrogen-bond donors (Lipinski definition) is 2. The molecule has 0 aromatic carbocycles. The van der Waals surface area contributed by atoms with Crippen molar-refractivity contribution < 1.29 is 0 Å². The fraction of sp³-hybridized carbons (Fsp3) is 0.400. The summed E-state index contributed by atoms with van der Waals surface area (Å²) in [4.78, 5) is 7.08. The molecule has 0 fully saturated rings. The first kappa shape index (κ1) is 11.3. The number of imidazole rings is 1. The van der Waals surface area contributed by atoms with Gasteiger partial charge in [0.25, 0.3) is 0 Å². The Morgan fingerprint density at radius 1 is 1.56 bits per heavy atom. The molecule has 0 bridgehead atoms. The molecular weight excluding hydrogens is 270 g/mol. The van der Waals surface area contributed by atoms with Gasteiger partial charge in [-0.05, 0) is 22.9 Å². The second kappa shape index (κ2) is 5.27. The molecule has 1 atom stereocenters. The molecule has 1 unspecified atom stereocenters. The Morgan fingerprint density at radius 2 is 2.44 bits per heavy atom. The van der Waals surface area contributed by atoms with Gasteiger partial charge in [0.15, 0.2) is 0 Å². The number of hydrogen-bond acceptors (Lipinski definition) is 3. The zero-order valence-electron chi connectivity index (χ0n) is 9.02. The van der Waals surface area contributed by atoms with E-state index in [-0.39, 0.29) is 6.04 Å². The highest BCUT2D eigenvalue weighted by Crippen LogP contribution is 2.07.